The zero-order valence-electron chi connectivity index (χ0n) is 7.55. The maximum atomic E-state index is 11.3. The average molecular weight is 194 g/mol. The van der Waals surface area contributed by atoms with Gasteiger partial charge in [0, 0.05) is 4.88 Å². The zero-order valence-corrected chi connectivity index (χ0v) is 8.36. The number of nitriles is 1. The fourth-order valence-corrected chi connectivity index (χ4v) is 1.84. The van der Waals surface area contributed by atoms with Gasteiger partial charge in [0.1, 0.15) is 6.54 Å². The largest absolute Gasteiger partial charge is 0.338 e. The van der Waals surface area contributed by atoms with E-state index in [1.54, 1.807) is 0 Å². The van der Waals surface area contributed by atoms with Crippen LogP contribution >= 0.6 is 11.3 Å². The van der Waals surface area contributed by atoms with Gasteiger partial charge in [-0.15, -0.1) is 11.3 Å². The van der Waals surface area contributed by atoms with E-state index < -0.39 is 0 Å². The summed E-state index contributed by atoms with van der Waals surface area (Å²) in [5, 5.41) is 10.8. The minimum Gasteiger partial charge on any atom is -0.338 e. The lowest BCUT2D eigenvalue weighted by Crippen LogP contribution is -2.22. The van der Waals surface area contributed by atoms with Crippen LogP contribution in [0.15, 0.2) is 6.07 Å². The highest BCUT2D eigenvalue weighted by Crippen LogP contribution is 2.20. The Bertz CT molecular complexity index is 343. The quantitative estimate of drug-likeness (QED) is 0.727. The van der Waals surface area contributed by atoms with Gasteiger partial charge in [-0.2, -0.15) is 5.26 Å². The number of hydrogen-bond acceptors (Lipinski definition) is 3. The van der Waals surface area contributed by atoms with Crippen molar-refractivity contribution in [2.45, 2.75) is 13.8 Å². The molecule has 0 spiro atoms. The molecular formula is C9H10N2OS. The molecule has 4 heteroatoms. The molecule has 0 saturated carbocycles. The monoisotopic (exact) mass is 194 g/mol. The van der Waals surface area contributed by atoms with Crippen molar-refractivity contribution in [3.05, 3.63) is 21.4 Å². The van der Waals surface area contributed by atoms with Gasteiger partial charge in [0.2, 0.25) is 0 Å². The molecule has 13 heavy (non-hydrogen) atoms. The third-order valence-corrected chi connectivity index (χ3v) is 2.87. The molecule has 1 rings (SSSR count). The SMILES string of the molecule is Cc1cc(C(=O)NCC#N)sc1C. The van der Waals surface area contributed by atoms with Crippen LogP contribution in [0.4, 0.5) is 0 Å². The second-order valence-electron chi connectivity index (χ2n) is 2.69. The van der Waals surface area contributed by atoms with E-state index in [9.17, 15) is 4.79 Å². The fourth-order valence-electron chi connectivity index (χ4n) is 0.892. The van der Waals surface area contributed by atoms with Crippen LogP contribution in [-0.4, -0.2) is 12.5 Å². The lowest BCUT2D eigenvalue weighted by molar-refractivity contribution is 0.0962. The Morgan fingerprint density at radius 3 is 2.85 bits per heavy atom. The molecule has 0 aromatic carbocycles. The molecule has 1 N–H and O–H groups in total. The minimum absolute atomic E-state index is 0.0643. The van der Waals surface area contributed by atoms with Crippen molar-refractivity contribution in [2.24, 2.45) is 0 Å². The van der Waals surface area contributed by atoms with E-state index in [-0.39, 0.29) is 12.5 Å². The minimum atomic E-state index is -0.164. The van der Waals surface area contributed by atoms with Crippen molar-refractivity contribution < 1.29 is 4.79 Å². The summed E-state index contributed by atoms with van der Waals surface area (Å²) < 4.78 is 0. The van der Waals surface area contributed by atoms with Crippen molar-refractivity contribution in [1.29, 1.82) is 5.26 Å². The Hall–Kier alpha value is -1.34. The molecule has 3 nitrogen and oxygen atoms in total. The molecule has 0 aliphatic heterocycles. The second-order valence-corrected chi connectivity index (χ2v) is 3.95. The van der Waals surface area contributed by atoms with Crippen molar-refractivity contribution in [3.63, 3.8) is 0 Å². The second kappa shape index (κ2) is 4.06. The van der Waals surface area contributed by atoms with Gasteiger partial charge in [0.15, 0.2) is 0 Å². The normalized spacial score (nSPS) is 9.31. The number of hydrogen-bond donors (Lipinski definition) is 1. The van der Waals surface area contributed by atoms with Gasteiger partial charge < -0.3 is 5.32 Å². The lowest BCUT2D eigenvalue weighted by Gasteiger charge is -1.94. The Kier molecular flexibility index (Phi) is 3.04. The fraction of sp³-hybridized carbons (Fsp3) is 0.333. The van der Waals surface area contributed by atoms with Crippen LogP contribution in [0.2, 0.25) is 0 Å². The van der Waals surface area contributed by atoms with Gasteiger partial charge in [0.05, 0.1) is 10.9 Å². The smallest absolute Gasteiger partial charge is 0.262 e. The molecule has 0 unspecified atom stereocenters. The average Bonchev–Trinajstić information content (AvgIpc) is 2.43. The molecular weight excluding hydrogens is 184 g/mol. The van der Waals surface area contributed by atoms with Crippen molar-refractivity contribution in [2.75, 3.05) is 6.54 Å². The van der Waals surface area contributed by atoms with E-state index in [1.165, 1.54) is 11.3 Å². The topological polar surface area (TPSA) is 52.9 Å². The maximum absolute atomic E-state index is 11.3. The van der Waals surface area contributed by atoms with Crippen LogP contribution in [-0.2, 0) is 0 Å². The molecule has 1 heterocycles. The van der Waals surface area contributed by atoms with E-state index in [0.29, 0.717) is 4.88 Å². The van der Waals surface area contributed by atoms with Crippen LogP contribution < -0.4 is 5.32 Å². The number of amides is 1. The summed E-state index contributed by atoms with van der Waals surface area (Å²) in [6.07, 6.45) is 0. The van der Waals surface area contributed by atoms with E-state index in [4.69, 9.17) is 5.26 Å². The molecule has 1 aromatic rings. The molecule has 0 aliphatic rings. The molecule has 0 bridgehead atoms. The van der Waals surface area contributed by atoms with E-state index in [2.05, 4.69) is 5.32 Å². The summed E-state index contributed by atoms with van der Waals surface area (Å²) in [6.45, 7) is 4.00. The summed E-state index contributed by atoms with van der Waals surface area (Å²) in [7, 11) is 0. The van der Waals surface area contributed by atoms with E-state index >= 15 is 0 Å². The summed E-state index contributed by atoms with van der Waals surface area (Å²) in [5.74, 6) is -0.164. The lowest BCUT2D eigenvalue weighted by atomic mass is 10.3. The van der Waals surface area contributed by atoms with E-state index in [0.717, 1.165) is 10.4 Å². The van der Waals surface area contributed by atoms with Crippen molar-refractivity contribution >= 4 is 17.2 Å². The van der Waals surface area contributed by atoms with Gasteiger partial charge in [-0.05, 0) is 25.5 Å². The van der Waals surface area contributed by atoms with Crippen LogP contribution in [0.1, 0.15) is 20.1 Å². The van der Waals surface area contributed by atoms with E-state index in [1.807, 2.05) is 26.0 Å². The summed E-state index contributed by atoms with van der Waals surface area (Å²) >= 11 is 1.45. The number of aryl methyl sites for hydroxylation is 2. The van der Waals surface area contributed by atoms with Crippen LogP contribution in [0.5, 0.6) is 0 Å². The highest BCUT2D eigenvalue weighted by molar-refractivity contribution is 7.14. The number of carbonyl (C=O) groups excluding carboxylic acids is 1. The Morgan fingerprint density at radius 1 is 1.69 bits per heavy atom. The summed E-state index contributed by atoms with van der Waals surface area (Å²) in [6, 6.07) is 3.70. The Labute approximate surface area is 81.0 Å². The number of rotatable bonds is 2. The van der Waals surface area contributed by atoms with Gasteiger partial charge in [-0.3, -0.25) is 4.79 Å². The van der Waals surface area contributed by atoms with Crippen LogP contribution in [0, 0.1) is 25.2 Å². The first-order valence-electron chi connectivity index (χ1n) is 3.87. The Balaban J connectivity index is 2.73. The van der Waals surface area contributed by atoms with Crippen LogP contribution in [0.25, 0.3) is 0 Å². The zero-order chi connectivity index (χ0) is 9.84. The molecule has 0 saturated heterocycles. The first-order chi connectivity index (χ1) is 6.15. The molecule has 1 aromatic heterocycles. The highest BCUT2D eigenvalue weighted by atomic mass is 32.1. The molecule has 0 atom stereocenters. The van der Waals surface area contributed by atoms with Gasteiger partial charge >= 0.3 is 0 Å². The van der Waals surface area contributed by atoms with Gasteiger partial charge in [-0.1, -0.05) is 0 Å². The molecule has 1 amide bonds. The number of thiophene rings is 1. The third-order valence-electron chi connectivity index (χ3n) is 1.72. The number of nitrogens with zero attached hydrogens (tertiary/aromatic N) is 1. The van der Waals surface area contributed by atoms with Crippen LogP contribution in [0.3, 0.4) is 0 Å². The molecule has 68 valence electrons. The molecule has 0 aliphatic carbocycles. The van der Waals surface area contributed by atoms with Crippen molar-refractivity contribution in [3.8, 4) is 6.07 Å². The van der Waals surface area contributed by atoms with Gasteiger partial charge in [-0.25, -0.2) is 0 Å². The maximum Gasteiger partial charge on any atom is 0.262 e. The third kappa shape index (κ3) is 2.30. The summed E-state index contributed by atoms with van der Waals surface area (Å²) in [4.78, 5) is 13.1. The predicted molar refractivity (Wildman–Crippen MR) is 51.7 cm³/mol. The standard InChI is InChI=1S/C9H10N2OS/c1-6-5-8(13-7(6)2)9(12)11-4-3-10/h5H,4H2,1-2H3,(H,11,12). The Morgan fingerprint density at radius 2 is 2.38 bits per heavy atom. The first-order valence-corrected chi connectivity index (χ1v) is 4.69. The number of carbonyl (C=O) groups is 1. The summed E-state index contributed by atoms with van der Waals surface area (Å²) in [5.41, 5.74) is 1.12. The molecule has 0 fully saturated rings. The molecule has 0 radical (unpaired) electrons. The number of nitrogens with one attached hydrogen (secondary N) is 1. The van der Waals surface area contributed by atoms with Crippen molar-refractivity contribution in [1.82, 2.24) is 5.32 Å². The highest BCUT2D eigenvalue weighted by Gasteiger charge is 2.08. The first kappa shape index (κ1) is 9.75. The predicted octanol–water partition coefficient (Wildman–Crippen LogP) is 1.62. The van der Waals surface area contributed by atoms with Gasteiger partial charge in [0.25, 0.3) is 5.91 Å².